The Hall–Kier alpha value is -0.930. The van der Waals surface area contributed by atoms with Gasteiger partial charge in [0.25, 0.3) is 0 Å². The summed E-state index contributed by atoms with van der Waals surface area (Å²) in [6.45, 7) is -2.64. The second-order valence-corrected chi connectivity index (χ2v) is 7.97. The van der Waals surface area contributed by atoms with E-state index in [0.717, 1.165) is 0 Å². The van der Waals surface area contributed by atoms with E-state index in [1.807, 2.05) is 0 Å². The molecule has 0 radical (unpaired) electrons. The lowest BCUT2D eigenvalue weighted by Gasteiger charge is -2.46. The quantitative estimate of drug-likeness (QED) is 0.117. The fourth-order valence-electron chi connectivity index (χ4n) is 3.60. The highest BCUT2D eigenvalue weighted by atomic mass is 16.7. The lowest BCUT2D eigenvalue weighted by Crippen LogP contribution is -2.65. The fraction of sp³-hybridized carbons (Fsp3) is 0.944. The molecule has 16 heteroatoms. The van der Waals surface area contributed by atoms with Crippen LogP contribution in [0.15, 0.2) is 0 Å². The van der Waals surface area contributed by atoms with Crippen molar-refractivity contribution in [2.75, 3.05) is 19.8 Å². The molecule has 0 unspecified atom stereocenters. The second-order valence-electron chi connectivity index (χ2n) is 7.97. The summed E-state index contributed by atoms with van der Waals surface area (Å²) >= 11 is 0. The van der Waals surface area contributed by atoms with Gasteiger partial charge in [-0.2, -0.15) is 0 Å². The number of carbonyl (C=O) groups is 1. The Labute approximate surface area is 192 Å². The standard InChI is InChI=1S/C18H32O16/c19-1-5(23)9(25)15(6(24)2-20)33-18-14(30)12(28)16(8(4-22)32-18)34-17-13(29)11(27)10(26)7(3-21)31-17/h1,5-18,20-30H,2-4H2/t5-,6+,7+,8+,9+,10-,11-,12+,13+,14+,15+,16+,17-,18+/m0/s1. The smallest absolute Gasteiger partial charge is 0.187 e. The third kappa shape index (κ3) is 6.25. The third-order valence-corrected chi connectivity index (χ3v) is 5.64. The van der Waals surface area contributed by atoms with Gasteiger partial charge in [0.15, 0.2) is 18.9 Å². The maximum atomic E-state index is 10.8. The lowest BCUT2D eigenvalue weighted by atomic mass is 9.96. The molecular weight excluding hydrogens is 472 g/mol. The summed E-state index contributed by atoms with van der Waals surface area (Å²) < 4.78 is 21.1. The molecule has 2 fully saturated rings. The molecule has 0 amide bonds. The number of rotatable bonds is 11. The predicted molar refractivity (Wildman–Crippen MR) is 102 cm³/mol. The summed E-state index contributed by atoms with van der Waals surface area (Å²) in [6, 6.07) is 0. The van der Waals surface area contributed by atoms with E-state index in [2.05, 4.69) is 0 Å². The van der Waals surface area contributed by atoms with Crippen LogP contribution < -0.4 is 0 Å². The van der Waals surface area contributed by atoms with Crippen LogP contribution >= 0.6 is 0 Å². The molecule has 34 heavy (non-hydrogen) atoms. The van der Waals surface area contributed by atoms with E-state index in [1.54, 1.807) is 0 Å². The van der Waals surface area contributed by atoms with E-state index in [0.29, 0.717) is 0 Å². The highest BCUT2D eigenvalue weighted by Gasteiger charge is 2.51. The molecule has 0 bridgehead atoms. The zero-order valence-corrected chi connectivity index (χ0v) is 17.7. The lowest BCUT2D eigenvalue weighted by molar-refractivity contribution is -0.367. The van der Waals surface area contributed by atoms with Gasteiger partial charge >= 0.3 is 0 Å². The molecule has 2 rings (SSSR count). The van der Waals surface area contributed by atoms with Crippen LogP contribution in [-0.2, 0) is 23.7 Å². The molecule has 0 spiro atoms. The Balaban J connectivity index is 2.17. The predicted octanol–water partition coefficient (Wildman–Crippen LogP) is -7.73. The molecule has 2 heterocycles. The van der Waals surface area contributed by atoms with E-state index < -0.39 is 106 Å². The minimum absolute atomic E-state index is 0.0704. The SMILES string of the molecule is O=C[C@H](O)[C@@H](O)[C@H](O[C@H]1O[C@H](CO)[C@@H](O[C@@H]2O[C@H](CO)[C@H](O)[C@H](O)[C@H]2O)[C@H](O)[C@H]1O)[C@H](O)CO. The molecular formula is C18H32O16. The van der Waals surface area contributed by atoms with Crippen molar-refractivity contribution in [3.05, 3.63) is 0 Å². The Bertz CT molecular complexity index is 621. The number of hydrogen-bond donors (Lipinski definition) is 11. The summed E-state index contributed by atoms with van der Waals surface area (Å²) in [4.78, 5) is 10.8. The van der Waals surface area contributed by atoms with Crippen molar-refractivity contribution in [2.24, 2.45) is 0 Å². The summed E-state index contributed by atoms with van der Waals surface area (Å²) in [5, 5.41) is 108. The van der Waals surface area contributed by atoms with Crippen molar-refractivity contribution in [3.63, 3.8) is 0 Å². The van der Waals surface area contributed by atoms with Gasteiger partial charge in [-0.1, -0.05) is 0 Å². The molecule has 14 atom stereocenters. The zero-order chi connectivity index (χ0) is 25.7. The van der Waals surface area contributed by atoms with Crippen LogP contribution in [0.1, 0.15) is 0 Å². The van der Waals surface area contributed by atoms with Gasteiger partial charge in [0.2, 0.25) is 0 Å². The average Bonchev–Trinajstić information content (AvgIpc) is 2.84. The van der Waals surface area contributed by atoms with E-state index in [-0.39, 0.29) is 6.29 Å². The first kappa shape index (κ1) is 29.3. The number of aliphatic hydroxyl groups excluding tert-OH is 11. The molecule has 0 aromatic rings. The highest BCUT2D eigenvalue weighted by Crippen LogP contribution is 2.30. The van der Waals surface area contributed by atoms with Gasteiger partial charge in [0.05, 0.1) is 19.8 Å². The van der Waals surface area contributed by atoms with Crippen LogP contribution in [0.5, 0.6) is 0 Å². The van der Waals surface area contributed by atoms with Gasteiger partial charge in [0.1, 0.15) is 73.2 Å². The molecule has 0 aliphatic carbocycles. The van der Waals surface area contributed by atoms with Crippen LogP contribution in [0.4, 0.5) is 0 Å². The Morgan fingerprint density at radius 2 is 1.32 bits per heavy atom. The largest absolute Gasteiger partial charge is 0.394 e. The summed E-state index contributed by atoms with van der Waals surface area (Å²) in [6.07, 6.45) is -25.4. The topological polar surface area (TPSA) is 277 Å². The first-order valence-corrected chi connectivity index (χ1v) is 10.4. The molecule has 11 N–H and O–H groups in total. The van der Waals surface area contributed by atoms with Crippen LogP contribution in [0.25, 0.3) is 0 Å². The van der Waals surface area contributed by atoms with Crippen molar-refractivity contribution in [2.45, 2.75) is 85.8 Å². The Morgan fingerprint density at radius 3 is 1.85 bits per heavy atom. The number of hydrogen-bond acceptors (Lipinski definition) is 16. The summed E-state index contributed by atoms with van der Waals surface area (Å²) in [7, 11) is 0. The molecule has 0 aromatic carbocycles. The van der Waals surface area contributed by atoms with E-state index in [4.69, 9.17) is 24.1 Å². The van der Waals surface area contributed by atoms with Crippen molar-refractivity contribution in [1.82, 2.24) is 0 Å². The molecule has 2 aliphatic rings. The number of ether oxygens (including phenoxy) is 4. The number of carbonyl (C=O) groups excluding carboxylic acids is 1. The van der Waals surface area contributed by atoms with Gasteiger partial charge in [-0.25, -0.2) is 0 Å². The van der Waals surface area contributed by atoms with E-state index >= 15 is 0 Å². The van der Waals surface area contributed by atoms with Crippen molar-refractivity contribution < 1.29 is 79.9 Å². The van der Waals surface area contributed by atoms with Crippen LogP contribution in [0.2, 0.25) is 0 Å². The van der Waals surface area contributed by atoms with Crippen LogP contribution in [0, 0.1) is 0 Å². The number of aliphatic hydroxyl groups is 11. The van der Waals surface area contributed by atoms with Crippen molar-refractivity contribution in [1.29, 1.82) is 0 Å². The molecule has 2 aliphatic heterocycles. The summed E-state index contributed by atoms with van der Waals surface area (Å²) in [5.74, 6) is 0. The van der Waals surface area contributed by atoms with Crippen molar-refractivity contribution >= 4 is 6.29 Å². The van der Waals surface area contributed by atoms with Gasteiger partial charge in [-0.3, -0.25) is 0 Å². The Kier molecular flexibility index (Phi) is 11.1. The van der Waals surface area contributed by atoms with Crippen LogP contribution in [-0.4, -0.2) is 168 Å². The van der Waals surface area contributed by atoms with Crippen LogP contribution in [0.3, 0.4) is 0 Å². The average molecular weight is 504 g/mol. The molecule has 16 nitrogen and oxygen atoms in total. The fourth-order valence-corrected chi connectivity index (χ4v) is 3.60. The number of aldehydes is 1. The molecule has 200 valence electrons. The maximum absolute atomic E-state index is 10.8. The Morgan fingerprint density at radius 1 is 0.765 bits per heavy atom. The first-order valence-electron chi connectivity index (χ1n) is 10.4. The van der Waals surface area contributed by atoms with Crippen molar-refractivity contribution in [3.8, 4) is 0 Å². The zero-order valence-electron chi connectivity index (χ0n) is 17.7. The minimum Gasteiger partial charge on any atom is -0.394 e. The molecule has 0 saturated carbocycles. The van der Waals surface area contributed by atoms with Gasteiger partial charge in [-0.05, 0) is 0 Å². The first-order chi connectivity index (χ1) is 16.0. The molecule has 2 saturated heterocycles. The summed E-state index contributed by atoms with van der Waals surface area (Å²) in [5.41, 5.74) is 0. The third-order valence-electron chi connectivity index (χ3n) is 5.64. The normalized spacial score (nSPS) is 42.6. The maximum Gasteiger partial charge on any atom is 0.187 e. The second kappa shape index (κ2) is 12.9. The van der Waals surface area contributed by atoms with E-state index in [9.17, 15) is 55.9 Å². The minimum atomic E-state index is -2.08. The van der Waals surface area contributed by atoms with Gasteiger partial charge < -0.3 is 79.9 Å². The van der Waals surface area contributed by atoms with Gasteiger partial charge in [-0.15, -0.1) is 0 Å². The highest BCUT2D eigenvalue weighted by molar-refractivity contribution is 5.56. The monoisotopic (exact) mass is 504 g/mol. The van der Waals surface area contributed by atoms with E-state index in [1.165, 1.54) is 0 Å². The molecule has 0 aromatic heterocycles. The van der Waals surface area contributed by atoms with Gasteiger partial charge in [0, 0.05) is 0 Å².